The Bertz CT molecular complexity index is 1200. The summed E-state index contributed by atoms with van der Waals surface area (Å²) in [6, 6.07) is 0. The lowest BCUT2D eigenvalue weighted by Crippen LogP contribution is -2.30. The Morgan fingerprint density at radius 2 is 0.591 bits per heavy atom. The first-order valence-corrected chi connectivity index (χ1v) is 28.3. The number of esters is 3. The van der Waals surface area contributed by atoms with E-state index in [1.165, 1.54) is 141 Å². The summed E-state index contributed by atoms with van der Waals surface area (Å²) in [6.45, 7) is 6.50. The highest BCUT2D eigenvalue weighted by atomic mass is 16.6. The molecule has 0 radical (unpaired) electrons. The van der Waals surface area contributed by atoms with E-state index in [4.69, 9.17) is 14.2 Å². The average molecular weight is 924 g/mol. The highest BCUT2D eigenvalue weighted by Crippen LogP contribution is 2.16. The molecule has 0 N–H and O–H groups in total. The summed E-state index contributed by atoms with van der Waals surface area (Å²) < 4.78 is 16.8. The Kier molecular flexibility index (Phi) is 52.3. The minimum absolute atomic E-state index is 0.0869. The zero-order valence-corrected chi connectivity index (χ0v) is 43.7. The second-order valence-corrected chi connectivity index (χ2v) is 18.9. The van der Waals surface area contributed by atoms with E-state index in [-0.39, 0.29) is 31.1 Å². The first-order chi connectivity index (χ1) is 32.5. The molecule has 0 amide bonds. The Labute approximate surface area is 409 Å². The monoisotopic (exact) mass is 923 g/mol. The van der Waals surface area contributed by atoms with Crippen LogP contribution in [0.2, 0.25) is 0 Å². The number of allylic oxidation sites excluding steroid dienone is 10. The molecule has 1 unspecified atom stereocenters. The van der Waals surface area contributed by atoms with Crippen LogP contribution in [0, 0.1) is 0 Å². The summed E-state index contributed by atoms with van der Waals surface area (Å²) in [5.74, 6) is -0.910. The molecule has 0 fully saturated rings. The summed E-state index contributed by atoms with van der Waals surface area (Å²) in [4.78, 5) is 38.1. The van der Waals surface area contributed by atoms with Crippen molar-refractivity contribution in [3.8, 4) is 0 Å². The summed E-state index contributed by atoms with van der Waals surface area (Å²) in [5.41, 5.74) is 0. The molecule has 0 aliphatic heterocycles. The SMILES string of the molecule is CC/C=C/C=C/C=C/CCCCCCCC(=O)OCC(COC(=O)CCCCCCC/C=C/C=C/CCCCCCCCC)OC(=O)CCCCCCCCCCCCCCCCCCC. The molecule has 0 saturated heterocycles. The summed E-state index contributed by atoms with van der Waals surface area (Å²) in [5, 5.41) is 0. The Morgan fingerprint density at radius 1 is 0.318 bits per heavy atom. The average Bonchev–Trinajstić information content (AvgIpc) is 3.31. The van der Waals surface area contributed by atoms with Crippen LogP contribution < -0.4 is 0 Å². The van der Waals surface area contributed by atoms with E-state index in [1.54, 1.807) is 0 Å². The van der Waals surface area contributed by atoms with Gasteiger partial charge in [0.15, 0.2) is 6.10 Å². The number of ether oxygens (including phenoxy) is 3. The predicted molar refractivity (Wildman–Crippen MR) is 284 cm³/mol. The van der Waals surface area contributed by atoms with Gasteiger partial charge >= 0.3 is 17.9 Å². The van der Waals surface area contributed by atoms with Crippen molar-refractivity contribution in [1.29, 1.82) is 0 Å². The predicted octanol–water partition coefficient (Wildman–Crippen LogP) is 18.8. The fourth-order valence-electron chi connectivity index (χ4n) is 8.08. The molecule has 1 atom stereocenters. The van der Waals surface area contributed by atoms with Crippen molar-refractivity contribution in [3.63, 3.8) is 0 Å². The topological polar surface area (TPSA) is 78.9 Å². The summed E-state index contributed by atoms with van der Waals surface area (Å²) >= 11 is 0. The lowest BCUT2D eigenvalue weighted by atomic mass is 10.0. The molecule has 382 valence electrons. The van der Waals surface area contributed by atoms with Crippen molar-refractivity contribution in [2.45, 2.75) is 290 Å². The fraction of sp³-hybridized carbons (Fsp3) is 0.783. The van der Waals surface area contributed by atoms with E-state index in [1.807, 2.05) is 0 Å². The van der Waals surface area contributed by atoms with Gasteiger partial charge in [-0.1, -0.05) is 261 Å². The molecule has 6 nitrogen and oxygen atoms in total. The number of hydrogen-bond acceptors (Lipinski definition) is 6. The number of unbranched alkanes of at least 4 members (excludes halogenated alkanes) is 33. The van der Waals surface area contributed by atoms with Crippen molar-refractivity contribution < 1.29 is 28.6 Å². The lowest BCUT2D eigenvalue weighted by Gasteiger charge is -2.18. The number of hydrogen-bond donors (Lipinski definition) is 0. The summed E-state index contributed by atoms with van der Waals surface area (Å²) in [7, 11) is 0. The molecule has 0 aromatic carbocycles. The van der Waals surface area contributed by atoms with Gasteiger partial charge in [-0.15, -0.1) is 0 Å². The molecule has 0 saturated carbocycles. The molecule has 0 aromatic heterocycles. The molecule has 6 heteroatoms. The van der Waals surface area contributed by atoms with Gasteiger partial charge in [0.25, 0.3) is 0 Å². The van der Waals surface area contributed by atoms with Crippen molar-refractivity contribution >= 4 is 17.9 Å². The van der Waals surface area contributed by atoms with E-state index in [0.29, 0.717) is 19.3 Å². The van der Waals surface area contributed by atoms with Crippen LogP contribution in [0.15, 0.2) is 60.8 Å². The maximum Gasteiger partial charge on any atom is 0.306 e. The molecule has 0 bridgehead atoms. The quantitative estimate of drug-likeness (QED) is 0.0262. The normalized spacial score (nSPS) is 12.5. The Balaban J connectivity index is 4.39. The second kappa shape index (κ2) is 54.7. The van der Waals surface area contributed by atoms with Crippen LogP contribution in [0.3, 0.4) is 0 Å². The van der Waals surface area contributed by atoms with Gasteiger partial charge in [-0.25, -0.2) is 0 Å². The van der Waals surface area contributed by atoms with Gasteiger partial charge in [0.1, 0.15) is 13.2 Å². The third-order valence-electron chi connectivity index (χ3n) is 12.3. The first kappa shape index (κ1) is 63.1. The maximum atomic E-state index is 12.8. The van der Waals surface area contributed by atoms with Gasteiger partial charge in [0.2, 0.25) is 0 Å². The van der Waals surface area contributed by atoms with Crippen molar-refractivity contribution in [3.05, 3.63) is 60.8 Å². The number of rotatable bonds is 51. The van der Waals surface area contributed by atoms with E-state index in [9.17, 15) is 14.4 Å². The Morgan fingerprint density at radius 3 is 0.924 bits per heavy atom. The Hall–Kier alpha value is -2.89. The van der Waals surface area contributed by atoms with Crippen LogP contribution in [0.4, 0.5) is 0 Å². The zero-order valence-electron chi connectivity index (χ0n) is 43.7. The maximum absolute atomic E-state index is 12.8. The lowest BCUT2D eigenvalue weighted by molar-refractivity contribution is -0.167. The van der Waals surface area contributed by atoms with Crippen LogP contribution in [0.25, 0.3) is 0 Å². The smallest absolute Gasteiger partial charge is 0.306 e. The molecular formula is C60H106O6. The van der Waals surface area contributed by atoms with Crippen LogP contribution in [-0.2, 0) is 28.6 Å². The van der Waals surface area contributed by atoms with Gasteiger partial charge in [-0.05, 0) is 64.2 Å². The number of carbonyl (C=O) groups is 3. The largest absolute Gasteiger partial charge is 0.462 e. The van der Waals surface area contributed by atoms with E-state index in [0.717, 1.165) is 103 Å². The van der Waals surface area contributed by atoms with Crippen LogP contribution >= 0.6 is 0 Å². The molecule has 0 aromatic rings. The van der Waals surface area contributed by atoms with Crippen molar-refractivity contribution in [2.75, 3.05) is 13.2 Å². The first-order valence-electron chi connectivity index (χ1n) is 28.3. The highest BCUT2D eigenvalue weighted by Gasteiger charge is 2.19. The highest BCUT2D eigenvalue weighted by molar-refractivity contribution is 5.71. The van der Waals surface area contributed by atoms with Gasteiger partial charge in [0, 0.05) is 19.3 Å². The third-order valence-corrected chi connectivity index (χ3v) is 12.3. The van der Waals surface area contributed by atoms with Gasteiger partial charge < -0.3 is 14.2 Å². The second-order valence-electron chi connectivity index (χ2n) is 18.9. The fourth-order valence-corrected chi connectivity index (χ4v) is 8.08. The molecular weight excluding hydrogens is 817 g/mol. The zero-order chi connectivity index (χ0) is 47.9. The minimum atomic E-state index is -0.787. The van der Waals surface area contributed by atoms with Gasteiger partial charge in [-0.2, -0.15) is 0 Å². The molecule has 0 aliphatic rings. The standard InChI is InChI=1S/C60H106O6/c1-4-7-10-13-16-19-22-25-27-29-31-32-35-38-41-44-47-50-53-59(62)65-56-57(55-64-58(61)52-49-46-43-40-37-34-24-21-18-15-12-9-6-3)66-60(63)54-51-48-45-42-39-36-33-30-28-26-23-20-17-14-11-8-5-2/h9,12,15,18,21,24,27,29,31-32,57H,4-8,10-11,13-14,16-17,19-20,22-23,25-26,28,30,33-56H2,1-3H3/b12-9+,18-15+,24-21+,29-27+,32-31+. The van der Waals surface area contributed by atoms with E-state index < -0.39 is 6.10 Å². The molecule has 0 spiro atoms. The summed E-state index contributed by atoms with van der Waals surface area (Å²) in [6.07, 6.45) is 67.8. The van der Waals surface area contributed by atoms with Gasteiger partial charge in [0.05, 0.1) is 0 Å². The molecule has 0 heterocycles. The van der Waals surface area contributed by atoms with Crippen LogP contribution in [0.1, 0.15) is 284 Å². The molecule has 66 heavy (non-hydrogen) atoms. The molecule has 0 rings (SSSR count). The van der Waals surface area contributed by atoms with E-state index >= 15 is 0 Å². The molecule has 0 aliphatic carbocycles. The number of carbonyl (C=O) groups excluding carboxylic acids is 3. The van der Waals surface area contributed by atoms with E-state index in [2.05, 4.69) is 81.5 Å². The van der Waals surface area contributed by atoms with Crippen LogP contribution in [0.5, 0.6) is 0 Å². The van der Waals surface area contributed by atoms with Crippen LogP contribution in [-0.4, -0.2) is 37.2 Å². The van der Waals surface area contributed by atoms with Crippen molar-refractivity contribution in [1.82, 2.24) is 0 Å². The van der Waals surface area contributed by atoms with Gasteiger partial charge in [-0.3, -0.25) is 14.4 Å². The minimum Gasteiger partial charge on any atom is -0.462 e. The van der Waals surface area contributed by atoms with Crippen molar-refractivity contribution in [2.24, 2.45) is 0 Å². The third kappa shape index (κ3) is 52.1.